The van der Waals surface area contributed by atoms with Crippen LogP contribution in [0.15, 0.2) is 0 Å². The minimum atomic E-state index is 0.176. The quantitative estimate of drug-likeness (QED) is 0.792. The number of carbonyl (C=O) groups excluding carboxylic acids is 1. The third kappa shape index (κ3) is 4.97. The number of rotatable bonds is 4. The van der Waals surface area contributed by atoms with Crippen LogP contribution in [-0.2, 0) is 4.79 Å². The van der Waals surface area contributed by atoms with Gasteiger partial charge in [0, 0.05) is 19.6 Å². The van der Waals surface area contributed by atoms with E-state index in [2.05, 4.69) is 37.9 Å². The molecular weight excluding hydrogens is 200 g/mol. The summed E-state index contributed by atoms with van der Waals surface area (Å²) in [5.41, 5.74) is 0. The summed E-state index contributed by atoms with van der Waals surface area (Å²) < 4.78 is 0. The average Bonchev–Trinajstić information content (AvgIpc) is 2.12. The van der Waals surface area contributed by atoms with E-state index in [1.54, 1.807) is 0 Å². The molecule has 3 nitrogen and oxygen atoms in total. The topological polar surface area (TPSA) is 32.3 Å². The summed E-state index contributed by atoms with van der Waals surface area (Å²) in [5.74, 6) is 2.15. The molecule has 1 N–H and O–H groups in total. The summed E-state index contributed by atoms with van der Waals surface area (Å²) >= 11 is 0. The number of likely N-dealkylation sites (tertiary alicyclic amines) is 1. The highest BCUT2D eigenvalue weighted by Gasteiger charge is 2.22. The van der Waals surface area contributed by atoms with Gasteiger partial charge >= 0.3 is 0 Å². The number of nitrogens with zero attached hydrogens (tertiary/aromatic N) is 1. The van der Waals surface area contributed by atoms with Gasteiger partial charge in [0.05, 0.1) is 6.54 Å². The first-order chi connectivity index (χ1) is 7.47. The highest BCUT2D eigenvalue weighted by molar-refractivity contribution is 5.78. The first kappa shape index (κ1) is 13.5. The fourth-order valence-electron chi connectivity index (χ4n) is 2.50. The molecule has 0 spiro atoms. The monoisotopic (exact) mass is 226 g/mol. The zero-order valence-electron chi connectivity index (χ0n) is 11.1. The molecule has 2 atom stereocenters. The molecule has 0 bridgehead atoms. The first-order valence-electron chi connectivity index (χ1n) is 6.46. The van der Waals surface area contributed by atoms with Gasteiger partial charge in [0.2, 0.25) is 5.91 Å². The minimum Gasteiger partial charge on any atom is -0.355 e. The van der Waals surface area contributed by atoms with Crippen molar-refractivity contribution in [3.05, 3.63) is 0 Å². The molecule has 0 aromatic rings. The fourth-order valence-corrected chi connectivity index (χ4v) is 2.50. The van der Waals surface area contributed by atoms with Crippen LogP contribution >= 0.6 is 0 Å². The third-order valence-electron chi connectivity index (χ3n) is 3.02. The molecule has 0 radical (unpaired) electrons. The molecule has 0 unspecified atom stereocenters. The van der Waals surface area contributed by atoms with Crippen molar-refractivity contribution in [2.45, 2.75) is 34.1 Å². The standard InChI is InChI=1S/C13H26N2O/c1-10(2)6-14-13(16)9-15-7-11(3)5-12(4)8-15/h10-12H,5-9H2,1-4H3,(H,14,16)/t11-,12+. The largest absolute Gasteiger partial charge is 0.355 e. The number of hydrogen-bond acceptors (Lipinski definition) is 2. The normalized spacial score (nSPS) is 27.1. The molecule has 94 valence electrons. The Bertz CT molecular complexity index is 218. The Morgan fingerprint density at radius 1 is 1.31 bits per heavy atom. The molecule has 0 aromatic carbocycles. The zero-order valence-corrected chi connectivity index (χ0v) is 11.1. The molecule has 1 fully saturated rings. The van der Waals surface area contributed by atoms with E-state index in [1.807, 2.05) is 0 Å². The van der Waals surface area contributed by atoms with Crippen molar-refractivity contribution < 1.29 is 4.79 Å². The molecule has 0 saturated carbocycles. The summed E-state index contributed by atoms with van der Waals surface area (Å²) in [6, 6.07) is 0. The van der Waals surface area contributed by atoms with Crippen LogP contribution in [-0.4, -0.2) is 37.0 Å². The molecular formula is C13H26N2O. The average molecular weight is 226 g/mol. The summed E-state index contributed by atoms with van der Waals surface area (Å²) in [6.07, 6.45) is 1.30. The summed E-state index contributed by atoms with van der Waals surface area (Å²) in [6.45, 7) is 12.3. The maximum Gasteiger partial charge on any atom is 0.234 e. The minimum absolute atomic E-state index is 0.176. The van der Waals surface area contributed by atoms with Crippen molar-refractivity contribution in [2.24, 2.45) is 17.8 Å². The van der Waals surface area contributed by atoms with Crippen LogP contribution < -0.4 is 5.32 Å². The van der Waals surface area contributed by atoms with Gasteiger partial charge in [0.1, 0.15) is 0 Å². The lowest BCUT2D eigenvalue weighted by Gasteiger charge is -2.34. The van der Waals surface area contributed by atoms with Crippen LogP contribution in [0.2, 0.25) is 0 Å². The second-order valence-corrected chi connectivity index (χ2v) is 5.84. The molecule has 0 aromatic heterocycles. The van der Waals surface area contributed by atoms with Gasteiger partial charge in [-0.05, 0) is 24.2 Å². The molecule has 1 aliphatic rings. The van der Waals surface area contributed by atoms with Crippen molar-refractivity contribution in [1.29, 1.82) is 0 Å². The van der Waals surface area contributed by atoms with Gasteiger partial charge < -0.3 is 5.32 Å². The Kier molecular flexibility index (Phi) is 5.26. The second-order valence-electron chi connectivity index (χ2n) is 5.84. The van der Waals surface area contributed by atoms with E-state index in [1.165, 1.54) is 6.42 Å². The van der Waals surface area contributed by atoms with Crippen molar-refractivity contribution in [1.82, 2.24) is 10.2 Å². The highest BCUT2D eigenvalue weighted by Crippen LogP contribution is 2.20. The van der Waals surface area contributed by atoms with Crippen molar-refractivity contribution in [3.63, 3.8) is 0 Å². The summed E-state index contributed by atoms with van der Waals surface area (Å²) in [7, 11) is 0. The van der Waals surface area contributed by atoms with Crippen LogP contribution in [0.3, 0.4) is 0 Å². The van der Waals surface area contributed by atoms with Crippen LogP contribution in [0.4, 0.5) is 0 Å². The van der Waals surface area contributed by atoms with Gasteiger partial charge in [-0.1, -0.05) is 27.7 Å². The zero-order chi connectivity index (χ0) is 12.1. The van der Waals surface area contributed by atoms with E-state index in [0.29, 0.717) is 12.5 Å². The van der Waals surface area contributed by atoms with Crippen LogP contribution in [0.25, 0.3) is 0 Å². The molecule has 0 aliphatic carbocycles. The summed E-state index contributed by atoms with van der Waals surface area (Å²) in [5, 5.41) is 2.98. The summed E-state index contributed by atoms with van der Waals surface area (Å²) in [4.78, 5) is 14.0. The molecule has 1 saturated heterocycles. The number of nitrogens with one attached hydrogen (secondary N) is 1. The Labute approximate surface area is 99.6 Å². The van der Waals surface area contributed by atoms with Crippen LogP contribution in [0.1, 0.15) is 34.1 Å². The maximum absolute atomic E-state index is 11.7. The number of carbonyl (C=O) groups is 1. The van der Waals surface area contributed by atoms with Crippen molar-refractivity contribution in [3.8, 4) is 0 Å². The van der Waals surface area contributed by atoms with Crippen molar-refractivity contribution in [2.75, 3.05) is 26.2 Å². The number of hydrogen-bond donors (Lipinski definition) is 1. The Morgan fingerprint density at radius 3 is 2.38 bits per heavy atom. The van der Waals surface area contributed by atoms with Crippen LogP contribution in [0, 0.1) is 17.8 Å². The Balaban J connectivity index is 2.27. The van der Waals surface area contributed by atoms with E-state index in [9.17, 15) is 4.79 Å². The van der Waals surface area contributed by atoms with Gasteiger partial charge in [-0.2, -0.15) is 0 Å². The molecule has 1 heterocycles. The molecule has 3 heteroatoms. The lowest BCUT2D eigenvalue weighted by molar-refractivity contribution is -0.123. The Hall–Kier alpha value is -0.570. The number of amides is 1. The van der Waals surface area contributed by atoms with Crippen molar-refractivity contribution >= 4 is 5.91 Å². The van der Waals surface area contributed by atoms with Gasteiger partial charge in [-0.3, -0.25) is 9.69 Å². The van der Waals surface area contributed by atoms with Gasteiger partial charge in [-0.25, -0.2) is 0 Å². The maximum atomic E-state index is 11.7. The highest BCUT2D eigenvalue weighted by atomic mass is 16.2. The van der Waals surface area contributed by atoms with Gasteiger partial charge in [0.25, 0.3) is 0 Å². The van der Waals surface area contributed by atoms with E-state index >= 15 is 0 Å². The molecule has 1 aliphatic heterocycles. The van der Waals surface area contributed by atoms with E-state index in [4.69, 9.17) is 0 Å². The van der Waals surface area contributed by atoms with E-state index < -0.39 is 0 Å². The second kappa shape index (κ2) is 6.24. The fraction of sp³-hybridized carbons (Fsp3) is 0.923. The van der Waals surface area contributed by atoms with Gasteiger partial charge in [-0.15, -0.1) is 0 Å². The van der Waals surface area contributed by atoms with E-state index in [0.717, 1.165) is 31.5 Å². The SMILES string of the molecule is CC(C)CNC(=O)CN1C[C@H](C)C[C@H](C)C1. The Morgan fingerprint density at radius 2 is 1.88 bits per heavy atom. The predicted octanol–water partition coefficient (Wildman–Crippen LogP) is 1.74. The van der Waals surface area contributed by atoms with E-state index in [-0.39, 0.29) is 5.91 Å². The molecule has 1 rings (SSSR count). The lowest BCUT2D eigenvalue weighted by Crippen LogP contribution is -2.45. The molecule has 16 heavy (non-hydrogen) atoms. The number of piperidine rings is 1. The van der Waals surface area contributed by atoms with Gasteiger partial charge in [0.15, 0.2) is 0 Å². The first-order valence-corrected chi connectivity index (χ1v) is 6.46. The smallest absolute Gasteiger partial charge is 0.234 e. The van der Waals surface area contributed by atoms with Crippen LogP contribution in [0.5, 0.6) is 0 Å². The predicted molar refractivity (Wildman–Crippen MR) is 67.2 cm³/mol. The molecule has 1 amide bonds. The lowest BCUT2D eigenvalue weighted by atomic mass is 9.92. The third-order valence-corrected chi connectivity index (χ3v) is 3.02.